The average Bonchev–Trinajstić information content (AvgIpc) is 2.02. The van der Waals surface area contributed by atoms with Gasteiger partial charge in [0.05, 0.1) is 22.4 Å². The molecule has 66 valence electrons. The van der Waals surface area contributed by atoms with Crippen molar-refractivity contribution in [3.8, 4) is 5.75 Å². The summed E-state index contributed by atoms with van der Waals surface area (Å²) in [7, 11) is 0. The molecule has 0 amide bonds. The van der Waals surface area contributed by atoms with Crippen LogP contribution < -0.4 is 5.73 Å². The molecule has 2 rings (SSSR count). The van der Waals surface area contributed by atoms with E-state index in [2.05, 4.69) is 4.98 Å². The number of fused-ring (bicyclic) bond motifs is 1. The first-order valence-electron chi connectivity index (χ1n) is 3.70. The molecule has 0 spiro atoms. The second kappa shape index (κ2) is 2.78. The third-order valence-corrected chi connectivity index (χ3v) is 2.03. The second-order valence-corrected chi connectivity index (χ2v) is 3.18. The predicted octanol–water partition coefficient (Wildman–Crippen LogP) is 2.18. The zero-order chi connectivity index (χ0) is 9.42. The lowest BCUT2D eigenvalue weighted by atomic mass is 10.2. The van der Waals surface area contributed by atoms with Gasteiger partial charge >= 0.3 is 0 Å². The lowest BCUT2D eigenvalue weighted by Crippen LogP contribution is -1.87. The zero-order valence-corrected chi connectivity index (χ0v) is 7.42. The zero-order valence-electron chi connectivity index (χ0n) is 6.66. The normalized spacial score (nSPS) is 10.5. The van der Waals surface area contributed by atoms with E-state index in [4.69, 9.17) is 17.3 Å². The molecule has 3 nitrogen and oxygen atoms in total. The minimum absolute atomic E-state index is 0.116. The van der Waals surface area contributed by atoms with Crippen molar-refractivity contribution in [3.05, 3.63) is 29.4 Å². The van der Waals surface area contributed by atoms with Crippen molar-refractivity contribution in [3.63, 3.8) is 0 Å². The van der Waals surface area contributed by atoms with Crippen LogP contribution in [0.5, 0.6) is 5.75 Å². The molecular weight excluding hydrogens is 188 g/mol. The van der Waals surface area contributed by atoms with Crippen molar-refractivity contribution in [1.82, 2.24) is 4.98 Å². The molecule has 0 aliphatic rings. The van der Waals surface area contributed by atoms with E-state index in [1.807, 2.05) is 0 Å². The van der Waals surface area contributed by atoms with E-state index in [0.29, 0.717) is 16.2 Å². The number of pyridine rings is 1. The van der Waals surface area contributed by atoms with Gasteiger partial charge in [0.2, 0.25) is 0 Å². The lowest BCUT2D eigenvalue weighted by Gasteiger charge is -2.01. The Morgan fingerprint density at radius 3 is 2.85 bits per heavy atom. The second-order valence-electron chi connectivity index (χ2n) is 2.77. The molecule has 0 unspecified atom stereocenters. The Balaban J connectivity index is 2.86. The number of nitrogen functional groups attached to an aromatic ring is 1. The number of aromatic nitrogens is 1. The number of phenolic OH excluding ortho intramolecular Hbond substituents is 1. The Labute approximate surface area is 79.8 Å². The quantitative estimate of drug-likeness (QED) is 0.676. The molecule has 4 heteroatoms. The molecule has 0 saturated carbocycles. The third kappa shape index (κ3) is 1.38. The summed E-state index contributed by atoms with van der Waals surface area (Å²) in [6.45, 7) is 0. The summed E-state index contributed by atoms with van der Waals surface area (Å²) in [5, 5.41) is 10.4. The van der Waals surface area contributed by atoms with Gasteiger partial charge in [0.1, 0.15) is 5.75 Å². The van der Waals surface area contributed by atoms with Crippen LogP contribution in [0.25, 0.3) is 10.9 Å². The summed E-state index contributed by atoms with van der Waals surface area (Å²) in [5.41, 5.74) is 6.73. The van der Waals surface area contributed by atoms with Gasteiger partial charge in [-0.05, 0) is 12.1 Å². The van der Waals surface area contributed by atoms with Crippen LogP contribution in [0, 0.1) is 0 Å². The number of anilines is 1. The first kappa shape index (κ1) is 8.13. The molecule has 1 aromatic heterocycles. The van der Waals surface area contributed by atoms with Gasteiger partial charge in [0, 0.05) is 11.5 Å². The van der Waals surface area contributed by atoms with Crippen LogP contribution in [-0.4, -0.2) is 10.1 Å². The molecule has 0 saturated heterocycles. The maximum Gasteiger partial charge on any atom is 0.117 e. The van der Waals surface area contributed by atoms with Crippen LogP contribution in [0.3, 0.4) is 0 Å². The summed E-state index contributed by atoms with van der Waals surface area (Å²) in [6, 6.07) is 4.74. The molecule has 13 heavy (non-hydrogen) atoms. The molecule has 0 aliphatic carbocycles. The number of rotatable bonds is 0. The van der Waals surface area contributed by atoms with E-state index in [0.717, 1.165) is 5.39 Å². The van der Waals surface area contributed by atoms with E-state index >= 15 is 0 Å². The minimum atomic E-state index is 0.116. The first-order chi connectivity index (χ1) is 6.16. The molecule has 0 atom stereocenters. The Hall–Kier alpha value is -1.48. The van der Waals surface area contributed by atoms with E-state index in [-0.39, 0.29) is 5.75 Å². The molecule has 0 bridgehead atoms. The van der Waals surface area contributed by atoms with Gasteiger partial charge in [-0.15, -0.1) is 0 Å². The van der Waals surface area contributed by atoms with Crippen LogP contribution in [0.4, 0.5) is 5.69 Å². The molecule has 0 radical (unpaired) electrons. The van der Waals surface area contributed by atoms with Crippen molar-refractivity contribution in [1.29, 1.82) is 0 Å². The standard InChI is InChI=1S/C9H7ClN2O/c10-8-3-7(13)2-5-1-6(11)4-12-9(5)8/h1-4,13H,11H2. The Kier molecular flexibility index (Phi) is 1.74. The van der Waals surface area contributed by atoms with Gasteiger partial charge in [0.15, 0.2) is 0 Å². The van der Waals surface area contributed by atoms with E-state index in [1.165, 1.54) is 12.3 Å². The number of hydrogen-bond acceptors (Lipinski definition) is 3. The highest BCUT2D eigenvalue weighted by molar-refractivity contribution is 6.35. The number of nitrogens with two attached hydrogens (primary N) is 1. The minimum Gasteiger partial charge on any atom is -0.508 e. The Bertz CT molecular complexity index is 465. The molecule has 0 aliphatic heterocycles. The van der Waals surface area contributed by atoms with E-state index < -0.39 is 0 Å². The maximum absolute atomic E-state index is 9.25. The highest BCUT2D eigenvalue weighted by Crippen LogP contribution is 2.27. The van der Waals surface area contributed by atoms with E-state index in [9.17, 15) is 5.11 Å². The summed E-state index contributed by atoms with van der Waals surface area (Å²) in [5.74, 6) is 0.116. The lowest BCUT2D eigenvalue weighted by molar-refractivity contribution is 0.476. The Morgan fingerprint density at radius 1 is 1.31 bits per heavy atom. The molecular formula is C9H7ClN2O. The van der Waals surface area contributed by atoms with Gasteiger partial charge < -0.3 is 10.8 Å². The van der Waals surface area contributed by atoms with Crippen LogP contribution in [0.1, 0.15) is 0 Å². The van der Waals surface area contributed by atoms with E-state index in [1.54, 1.807) is 12.1 Å². The van der Waals surface area contributed by atoms with Crippen LogP contribution in [0.2, 0.25) is 5.02 Å². The molecule has 2 aromatic rings. The van der Waals surface area contributed by atoms with Crippen molar-refractivity contribution in [2.45, 2.75) is 0 Å². The molecule has 0 fully saturated rings. The number of aromatic hydroxyl groups is 1. The highest BCUT2D eigenvalue weighted by Gasteiger charge is 2.02. The number of hydrogen-bond donors (Lipinski definition) is 2. The van der Waals surface area contributed by atoms with Gasteiger partial charge in [-0.2, -0.15) is 0 Å². The van der Waals surface area contributed by atoms with Crippen LogP contribution in [-0.2, 0) is 0 Å². The smallest absolute Gasteiger partial charge is 0.117 e. The third-order valence-electron chi connectivity index (χ3n) is 1.74. The van der Waals surface area contributed by atoms with Crippen molar-refractivity contribution >= 4 is 28.2 Å². The summed E-state index contributed by atoms with van der Waals surface area (Å²) < 4.78 is 0. The number of halogens is 1. The topological polar surface area (TPSA) is 59.1 Å². The van der Waals surface area contributed by atoms with Gasteiger partial charge in [0.25, 0.3) is 0 Å². The summed E-state index contributed by atoms with van der Waals surface area (Å²) in [4.78, 5) is 4.05. The predicted molar refractivity (Wildman–Crippen MR) is 52.8 cm³/mol. The fourth-order valence-electron chi connectivity index (χ4n) is 1.21. The molecule has 1 aromatic carbocycles. The number of nitrogens with zero attached hydrogens (tertiary/aromatic N) is 1. The summed E-state index contributed by atoms with van der Waals surface area (Å²) >= 11 is 5.85. The first-order valence-corrected chi connectivity index (χ1v) is 4.08. The highest BCUT2D eigenvalue weighted by atomic mass is 35.5. The van der Waals surface area contributed by atoms with Crippen LogP contribution >= 0.6 is 11.6 Å². The number of benzene rings is 1. The largest absolute Gasteiger partial charge is 0.508 e. The number of phenols is 1. The van der Waals surface area contributed by atoms with Gasteiger partial charge in [-0.3, -0.25) is 4.98 Å². The van der Waals surface area contributed by atoms with Crippen molar-refractivity contribution in [2.24, 2.45) is 0 Å². The SMILES string of the molecule is Nc1cnc2c(Cl)cc(O)cc2c1. The fraction of sp³-hybridized carbons (Fsp3) is 0. The molecule has 3 N–H and O–H groups in total. The fourth-order valence-corrected chi connectivity index (χ4v) is 1.48. The summed E-state index contributed by atoms with van der Waals surface area (Å²) in [6.07, 6.45) is 1.53. The Morgan fingerprint density at radius 2 is 2.08 bits per heavy atom. The monoisotopic (exact) mass is 194 g/mol. The van der Waals surface area contributed by atoms with Crippen molar-refractivity contribution < 1.29 is 5.11 Å². The van der Waals surface area contributed by atoms with Gasteiger partial charge in [-0.25, -0.2) is 0 Å². The van der Waals surface area contributed by atoms with Crippen molar-refractivity contribution in [2.75, 3.05) is 5.73 Å². The average molecular weight is 195 g/mol. The molecule has 1 heterocycles. The van der Waals surface area contributed by atoms with Gasteiger partial charge in [-0.1, -0.05) is 11.6 Å². The maximum atomic E-state index is 9.25. The van der Waals surface area contributed by atoms with Crippen LogP contribution in [0.15, 0.2) is 24.4 Å².